The van der Waals surface area contributed by atoms with Gasteiger partial charge in [0.2, 0.25) is 0 Å². The molecule has 0 atom stereocenters. The van der Waals surface area contributed by atoms with Gasteiger partial charge in [-0.15, -0.1) is 0 Å². The average molecular weight is 267 g/mol. The summed E-state index contributed by atoms with van der Waals surface area (Å²) in [4.78, 5) is 11.3. The van der Waals surface area contributed by atoms with Crippen LogP contribution < -0.4 is 0 Å². The van der Waals surface area contributed by atoms with Gasteiger partial charge >= 0.3 is 5.97 Å². The highest BCUT2D eigenvalue weighted by molar-refractivity contribution is 5.95. The molecule has 0 aliphatic rings. The van der Waals surface area contributed by atoms with Gasteiger partial charge in [-0.2, -0.15) is 0 Å². The van der Waals surface area contributed by atoms with Crippen molar-refractivity contribution in [2.45, 2.75) is 19.8 Å². The van der Waals surface area contributed by atoms with Crippen molar-refractivity contribution in [1.82, 2.24) is 5.16 Å². The van der Waals surface area contributed by atoms with E-state index in [1.165, 1.54) is 6.07 Å². The monoisotopic (exact) mass is 267 g/mol. The molecule has 1 aromatic heterocycles. The third-order valence-electron chi connectivity index (χ3n) is 2.65. The van der Waals surface area contributed by atoms with Crippen molar-refractivity contribution in [3.8, 4) is 11.3 Å². The quantitative estimate of drug-likeness (QED) is 0.925. The summed E-state index contributed by atoms with van der Waals surface area (Å²) >= 11 is 0. The molecule has 0 fully saturated rings. The minimum Gasteiger partial charge on any atom is -0.477 e. The van der Waals surface area contributed by atoms with Crippen LogP contribution >= 0.6 is 0 Å². The van der Waals surface area contributed by atoms with Crippen LogP contribution in [0.1, 0.15) is 35.9 Å². The summed E-state index contributed by atoms with van der Waals surface area (Å²) in [5, 5.41) is 12.9. The molecule has 0 unspecified atom stereocenters. The molecule has 6 heteroatoms. The van der Waals surface area contributed by atoms with Crippen LogP contribution in [0, 0.1) is 11.6 Å². The molecule has 0 aliphatic carbocycles. The number of hydrogen-bond acceptors (Lipinski definition) is 3. The van der Waals surface area contributed by atoms with Crippen molar-refractivity contribution >= 4 is 5.97 Å². The lowest BCUT2D eigenvalue weighted by Gasteiger charge is -2.02. The summed E-state index contributed by atoms with van der Waals surface area (Å²) < 4.78 is 31.1. The van der Waals surface area contributed by atoms with E-state index in [1.807, 2.05) is 0 Å². The van der Waals surface area contributed by atoms with E-state index in [4.69, 9.17) is 4.52 Å². The predicted molar refractivity (Wildman–Crippen MR) is 62.9 cm³/mol. The van der Waals surface area contributed by atoms with Crippen molar-refractivity contribution in [3.63, 3.8) is 0 Å². The fourth-order valence-corrected chi connectivity index (χ4v) is 1.74. The topological polar surface area (TPSA) is 63.3 Å². The molecule has 2 aromatic rings. The van der Waals surface area contributed by atoms with Gasteiger partial charge in [0.15, 0.2) is 17.4 Å². The maximum Gasteiger partial charge on any atom is 0.341 e. The smallest absolute Gasteiger partial charge is 0.341 e. The Balaban J connectivity index is 2.62. The average Bonchev–Trinajstić information content (AvgIpc) is 2.77. The highest BCUT2D eigenvalue weighted by Gasteiger charge is 2.25. The van der Waals surface area contributed by atoms with E-state index in [1.54, 1.807) is 13.8 Å². The van der Waals surface area contributed by atoms with Crippen LogP contribution in [-0.4, -0.2) is 16.2 Å². The second-order valence-corrected chi connectivity index (χ2v) is 4.36. The van der Waals surface area contributed by atoms with Crippen molar-refractivity contribution in [2.75, 3.05) is 0 Å². The van der Waals surface area contributed by atoms with E-state index in [0.717, 1.165) is 12.1 Å². The normalized spacial score (nSPS) is 11.0. The van der Waals surface area contributed by atoms with Crippen molar-refractivity contribution in [2.24, 2.45) is 0 Å². The fraction of sp³-hybridized carbons (Fsp3) is 0.231. The van der Waals surface area contributed by atoms with Crippen LogP contribution in [0.15, 0.2) is 22.7 Å². The highest BCUT2D eigenvalue weighted by atomic mass is 19.2. The molecule has 1 heterocycles. The van der Waals surface area contributed by atoms with Gasteiger partial charge < -0.3 is 9.63 Å². The zero-order chi connectivity index (χ0) is 14.2. The van der Waals surface area contributed by atoms with Gasteiger partial charge in [0, 0.05) is 11.5 Å². The molecule has 4 nitrogen and oxygen atoms in total. The predicted octanol–water partition coefficient (Wildman–Crippen LogP) is 3.44. The van der Waals surface area contributed by atoms with Gasteiger partial charge in [0.25, 0.3) is 0 Å². The molecule has 0 saturated heterocycles. The second kappa shape index (κ2) is 4.79. The Hall–Kier alpha value is -2.24. The summed E-state index contributed by atoms with van der Waals surface area (Å²) in [6.45, 7) is 3.50. The van der Waals surface area contributed by atoms with E-state index >= 15 is 0 Å². The van der Waals surface area contributed by atoms with E-state index in [2.05, 4.69) is 5.16 Å². The summed E-state index contributed by atoms with van der Waals surface area (Å²) in [5.74, 6) is -3.27. The first kappa shape index (κ1) is 13.2. The molecule has 0 saturated carbocycles. The minimum atomic E-state index is -1.22. The van der Waals surface area contributed by atoms with Crippen LogP contribution in [0.2, 0.25) is 0 Å². The van der Waals surface area contributed by atoms with E-state index < -0.39 is 17.6 Å². The number of aromatic nitrogens is 1. The van der Waals surface area contributed by atoms with Crippen LogP contribution in [-0.2, 0) is 0 Å². The van der Waals surface area contributed by atoms with Gasteiger partial charge in [-0.05, 0) is 18.2 Å². The Morgan fingerprint density at radius 3 is 2.53 bits per heavy atom. The van der Waals surface area contributed by atoms with Crippen LogP contribution in [0.3, 0.4) is 0 Å². The maximum absolute atomic E-state index is 13.2. The molecule has 0 radical (unpaired) electrons. The van der Waals surface area contributed by atoms with E-state index in [-0.39, 0.29) is 28.5 Å². The van der Waals surface area contributed by atoms with Crippen LogP contribution in [0.25, 0.3) is 11.3 Å². The number of nitrogens with zero attached hydrogens (tertiary/aromatic N) is 1. The third kappa shape index (κ3) is 2.33. The molecule has 1 N–H and O–H groups in total. The third-order valence-corrected chi connectivity index (χ3v) is 2.65. The zero-order valence-electron chi connectivity index (χ0n) is 10.3. The van der Waals surface area contributed by atoms with Crippen LogP contribution in [0.5, 0.6) is 0 Å². The molecule has 0 aliphatic heterocycles. The molecule has 100 valence electrons. The maximum atomic E-state index is 13.2. The first-order chi connectivity index (χ1) is 8.91. The molecular weight excluding hydrogens is 256 g/mol. The molecule has 0 amide bonds. The van der Waals surface area contributed by atoms with Crippen molar-refractivity contribution in [3.05, 3.63) is 41.2 Å². The Kier molecular flexibility index (Phi) is 3.33. The van der Waals surface area contributed by atoms with Gasteiger partial charge in [-0.1, -0.05) is 19.0 Å². The Morgan fingerprint density at radius 1 is 1.32 bits per heavy atom. The van der Waals surface area contributed by atoms with Gasteiger partial charge in [-0.3, -0.25) is 0 Å². The summed E-state index contributed by atoms with van der Waals surface area (Å²) in [7, 11) is 0. The Morgan fingerprint density at radius 2 is 2.00 bits per heavy atom. The SMILES string of the molecule is CC(C)c1onc(-c2ccc(F)c(F)c2)c1C(=O)O. The number of hydrogen-bond donors (Lipinski definition) is 1. The Labute approximate surface area is 107 Å². The largest absolute Gasteiger partial charge is 0.477 e. The standard InChI is InChI=1S/C13H11F2NO3/c1-6(2)12-10(13(17)18)11(16-19-12)7-3-4-8(14)9(15)5-7/h3-6H,1-2H3,(H,17,18). The zero-order valence-corrected chi connectivity index (χ0v) is 10.3. The van der Waals surface area contributed by atoms with Crippen molar-refractivity contribution in [1.29, 1.82) is 0 Å². The van der Waals surface area contributed by atoms with Crippen molar-refractivity contribution < 1.29 is 23.2 Å². The lowest BCUT2D eigenvalue weighted by atomic mass is 10.0. The number of carboxylic acid groups (broad SMARTS) is 1. The number of halogens is 2. The molecule has 0 spiro atoms. The summed E-state index contributed by atoms with van der Waals surface area (Å²) in [5.41, 5.74) is 0.0306. The highest BCUT2D eigenvalue weighted by Crippen LogP contribution is 2.30. The van der Waals surface area contributed by atoms with Gasteiger partial charge in [-0.25, -0.2) is 13.6 Å². The van der Waals surface area contributed by atoms with E-state index in [0.29, 0.717) is 0 Å². The van der Waals surface area contributed by atoms with E-state index in [9.17, 15) is 18.7 Å². The number of carboxylic acids is 1. The van der Waals surface area contributed by atoms with Gasteiger partial charge in [0.1, 0.15) is 11.3 Å². The molecule has 0 bridgehead atoms. The molecule has 19 heavy (non-hydrogen) atoms. The summed E-state index contributed by atoms with van der Waals surface area (Å²) in [6.07, 6.45) is 0. The lowest BCUT2D eigenvalue weighted by molar-refractivity contribution is 0.0694. The van der Waals surface area contributed by atoms with Crippen LogP contribution in [0.4, 0.5) is 8.78 Å². The second-order valence-electron chi connectivity index (χ2n) is 4.36. The number of carbonyl (C=O) groups is 1. The molecular formula is C13H11F2NO3. The first-order valence-corrected chi connectivity index (χ1v) is 5.60. The lowest BCUT2D eigenvalue weighted by Crippen LogP contribution is -2.02. The number of aromatic carboxylic acids is 1. The summed E-state index contributed by atoms with van der Waals surface area (Å²) in [6, 6.07) is 3.07. The molecule has 2 rings (SSSR count). The fourth-order valence-electron chi connectivity index (χ4n) is 1.74. The Bertz CT molecular complexity index is 635. The number of rotatable bonds is 3. The van der Waals surface area contributed by atoms with Gasteiger partial charge in [0.05, 0.1) is 0 Å². The number of benzene rings is 1. The molecule has 1 aromatic carbocycles. The first-order valence-electron chi connectivity index (χ1n) is 5.60. The minimum absolute atomic E-state index is 0.00454.